The van der Waals surface area contributed by atoms with Crippen LogP contribution in [0.2, 0.25) is 5.02 Å². The van der Waals surface area contributed by atoms with Gasteiger partial charge in [-0.2, -0.15) is 0 Å². The van der Waals surface area contributed by atoms with Crippen LogP contribution in [0.5, 0.6) is 5.75 Å². The third-order valence-corrected chi connectivity index (χ3v) is 7.30. The quantitative estimate of drug-likeness (QED) is 0.355. The van der Waals surface area contributed by atoms with E-state index in [2.05, 4.69) is 11.4 Å². The van der Waals surface area contributed by atoms with Crippen LogP contribution in [0.15, 0.2) is 66.0 Å². The van der Waals surface area contributed by atoms with E-state index in [9.17, 15) is 9.59 Å². The van der Waals surface area contributed by atoms with Crippen molar-refractivity contribution in [2.24, 2.45) is 0 Å². The molecule has 2 aromatic carbocycles. The molecule has 0 N–H and O–H groups in total. The van der Waals surface area contributed by atoms with Crippen molar-refractivity contribution in [1.29, 1.82) is 0 Å². The van der Waals surface area contributed by atoms with Gasteiger partial charge < -0.3 is 19.3 Å². The predicted octanol–water partition coefficient (Wildman–Crippen LogP) is 5.09. The second-order valence-electron chi connectivity index (χ2n) is 8.36. The van der Waals surface area contributed by atoms with Crippen LogP contribution >= 0.6 is 22.9 Å². The molecule has 0 saturated heterocycles. The molecule has 2 amide bonds. The van der Waals surface area contributed by atoms with Gasteiger partial charge in [0.25, 0.3) is 5.91 Å². The summed E-state index contributed by atoms with van der Waals surface area (Å²) in [6, 6.07) is 18.1. The summed E-state index contributed by atoms with van der Waals surface area (Å²) < 4.78 is 11.2. The smallest absolute Gasteiger partial charge is 0.254 e. The van der Waals surface area contributed by atoms with Crippen LogP contribution in [0.4, 0.5) is 0 Å². The average molecular weight is 513 g/mol. The number of rotatable bonds is 10. The normalized spacial score (nSPS) is 14.9. The molecule has 1 aliphatic heterocycles. The second kappa shape index (κ2) is 12.2. The number of hydrogen-bond acceptors (Lipinski definition) is 5. The third kappa shape index (κ3) is 6.42. The van der Waals surface area contributed by atoms with Crippen molar-refractivity contribution >= 4 is 34.8 Å². The lowest BCUT2D eigenvalue weighted by atomic mass is 10.0. The van der Waals surface area contributed by atoms with E-state index in [4.69, 9.17) is 21.1 Å². The van der Waals surface area contributed by atoms with E-state index in [1.807, 2.05) is 35.2 Å². The van der Waals surface area contributed by atoms with Gasteiger partial charge in [0.15, 0.2) is 0 Å². The maximum atomic E-state index is 13.6. The van der Waals surface area contributed by atoms with Crippen molar-refractivity contribution in [3.05, 3.63) is 87.1 Å². The Balaban J connectivity index is 1.51. The number of hydrogen-bond donors (Lipinski definition) is 0. The molecule has 1 atom stereocenters. The van der Waals surface area contributed by atoms with Gasteiger partial charge in [-0.15, -0.1) is 11.3 Å². The van der Waals surface area contributed by atoms with Crippen molar-refractivity contribution in [2.45, 2.75) is 18.9 Å². The minimum Gasteiger partial charge on any atom is -0.491 e. The Morgan fingerprint density at radius 3 is 2.63 bits per heavy atom. The molecule has 0 radical (unpaired) electrons. The Morgan fingerprint density at radius 2 is 1.89 bits per heavy atom. The fourth-order valence-electron chi connectivity index (χ4n) is 4.25. The molecule has 0 aliphatic carbocycles. The van der Waals surface area contributed by atoms with Crippen LogP contribution in [0.25, 0.3) is 0 Å². The minimum absolute atomic E-state index is 0.00829. The number of thiophene rings is 1. The van der Waals surface area contributed by atoms with Crippen molar-refractivity contribution in [1.82, 2.24) is 9.80 Å². The molecular formula is C27H29ClN2O4S. The van der Waals surface area contributed by atoms with Crippen LogP contribution in [0, 0.1) is 0 Å². The van der Waals surface area contributed by atoms with Crippen LogP contribution in [-0.2, 0) is 16.0 Å². The lowest BCUT2D eigenvalue weighted by Crippen LogP contribution is -2.48. The molecule has 1 aliphatic rings. The van der Waals surface area contributed by atoms with E-state index in [0.717, 1.165) is 12.0 Å². The highest BCUT2D eigenvalue weighted by molar-refractivity contribution is 7.10. The summed E-state index contributed by atoms with van der Waals surface area (Å²) >= 11 is 7.70. The maximum Gasteiger partial charge on any atom is 0.254 e. The topological polar surface area (TPSA) is 59.1 Å². The SMILES string of the molecule is COCCCN(CC(=O)N1CCc2sccc2C1COc1ccc(Cl)cc1)C(=O)c1ccccc1. The van der Waals surface area contributed by atoms with Gasteiger partial charge in [0.1, 0.15) is 18.9 Å². The molecular weight excluding hydrogens is 484 g/mol. The van der Waals surface area contributed by atoms with Gasteiger partial charge in [-0.3, -0.25) is 9.59 Å². The fraction of sp³-hybridized carbons (Fsp3) is 0.333. The van der Waals surface area contributed by atoms with Crippen molar-refractivity contribution in [2.75, 3.05) is 40.0 Å². The molecule has 3 aromatic rings. The number of methoxy groups -OCH3 is 1. The van der Waals surface area contributed by atoms with Crippen molar-refractivity contribution in [3.63, 3.8) is 0 Å². The monoisotopic (exact) mass is 512 g/mol. The number of benzene rings is 2. The average Bonchev–Trinajstić information content (AvgIpc) is 3.37. The van der Waals surface area contributed by atoms with Gasteiger partial charge in [-0.1, -0.05) is 29.8 Å². The fourth-order valence-corrected chi connectivity index (χ4v) is 5.30. The van der Waals surface area contributed by atoms with Gasteiger partial charge in [-0.05, 0) is 66.2 Å². The van der Waals surface area contributed by atoms with Gasteiger partial charge in [-0.25, -0.2) is 0 Å². The summed E-state index contributed by atoms with van der Waals surface area (Å²) in [5, 5.41) is 2.70. The number of fused-ring (bicyclic) bond motifs is 1. The molecule has 0 fully saturated rings. The lowest BCUT2D eigenvalue weighted by Gasteiger charge is -2.37. The zero-order valence-electron chi connectivity index (χ0n) is 19.7. The minimum atomic E-state index is -0.221. The van der Waals surface area contributed by atoms with E-state index in [1.54, 1.807) is 47.6 Å². The van der Waals surface area contributed by atoms with Gasteiger partial charge >= 0.3 is 0 Å². The largest absolute Gasteiger partial charge is 0.491 e. The molecule has 0 bridgehead atoms. The van der Waals surface area contributed by atoms with Crippen molar-refractivity contribution < 1.29 is 19.1 Å². The summed E-state index contributed by atoms with van der Waals surface area (Å²) in [6.07, 6.45) is 1.45. The second-order valence-corrected chi connectivity index (χ2v) is 9.79. The number of nitrogens with zero attached hydrogens (tertiary/aromatic N) is 2. The van der Waals surface area contributed by atoms with Gasteiger partial charge in [0.05, 0.1) is 6.04 Å². The molecule has 35 heavy (non-hydrogen) atoms. The Labute approximate surface area is 215 Å². The van der Waals surface area contributed by atoms with E-state index in [1.165, 1.54) is 4.88 Å². The lowest BCUT2D eigenvalue weighted by molar-refractivity contribution is -0.135. The standard InChI is InChI=1S/C27H29ClN2O4S/c1-33-16-5-14-29(27(32)20-6-3-2-4-7-20)18-26(31)30-15-12-25-23(13-17-35-25)24(30)19-34-22-10-8-21(28)9-11-22/h2-4,6-11,13,17,24H,5,12,14-16,18-19H2,1H3. The molecule has 6 nitrogen and oxygen atoms in total. The Hall–Kier alpha value is -2.87. The highest BCUT2D eigenvalue weighted by Crippen LogP contribution is 2.34. The van der Waals surface area contributed by atoms with Crippen LogP contribution < -0.4 is 4.74 Å². The first-order valence-electron chi connectivity index (χ1n) is 11.6. The first-order valence-corrected chi connectivity index (χ1v) is 12.9. The van der Waals surface area contributed by atoms with E-state index in [-0.39, 0.29) is 24.4 Å². The Morgan fingerprint density at radius 1 is 1.11 bits per heavy atom. The van der Waals surface area contributed by atoms with E-state index >= 15 is 0 Å². The summed E-state index contributed by atoms with van der Waals surface area (Å²) in [5.74, 6) is 0.454. The van der Waals surface area contributed by atoms with Gasteiger partial charge in [0.2, 0.25) is 5.91 Å². The predicted molar refractivity (Wildman–Crippen MR) is 138 cm³/mol. The molecule has 4 rings (SSSR count). The third-order valence-electron chi connectivity index (χ3n) is 6.05. The summed E-state index contributed by atoms with van der Waals surface area (Å²) in [7, 11) is 1.63. The van der Waals surface area contributed by atoms with Gasteiger partial charge in [0, 0.05) is 42.3 Å². The molecule has 8 heteroatoms. The van der Waals surface area contributed by atoms with Crippen LogP contribution in [-0.4, -0.2) is 61.6 Å². The molecule has 0 spiro atoms. The number of carbonyl (C=O) groups is 2. The van der Waals surface area contributed by atoms with Crippen LogP contribution in [0.1, 0.15) is 33.3 Å². The molecule has 1 aromatic heterocycles. The molecule has 2 heterocycles. The summed E-state index contributed by atoms with van der Waals surface area (Å²) in [4.78, 5) is 31.6. The Bertz CT molecular complexity index is 1120. The maximum absolute atomic E-state index is 13.6. The molecule has 0 saturated carbocycles. The summed E-state index contributed by atoms with van der Waals surface area (Å²) in [6.45, 7) is 1.89. The Kier molecular flexibility index (Phi) is 8.79. The first-order chi connectivity index (χ1) is 17.1. The zero-order valence-corrected chi connectivity index (χ0v) is 21.3. The highest BCUT2D eigenvalue weighted by atomic mass is 35.5. The molecule has 184 valence electrons. The number of carbonyl (C=O) groups excluding carboxylic acids is 2. The van der Waals surface area contributed by atoms with E-state index < -0.39 is 0 Å². The number of amides is 2. The summed E-state index contributed by atoms with van der Waals surface area (Å²) in [5.41, 5.74) is 1.68. The van der Waals surface area contributed by atoms with Crippen LogP contribution in [0.3, 0.4) is 0 Å². The number of ether oxygens (including phenoxy) is 2. The first kappa shape index (κ1) is 25.2. The molecule has 1 unspecified atom stereocenters. The van der Waals surface area contributed by atoms with E-state index in [0.29, 0.717) is 49.1 Å². The number of halogens is 1. The zero-order chi connectivity index (χ0) is 24.6. The van der Waals surface area contributed by atoms with Crippen molar-refractivity contribution in [3.8, 4) is 5.75 Å². The highest BCUT2D eigenvalue weighted by Gasteiger charge is 2.33.